The maximum atomic E-state index is 12.4. The summed E-state index contributed by atoms with van der Waals surface area (Å²) in [7, 11) is 0. The Labute approximate surface area is 134 Å². The van der Waals surface area contributed by atoms with Gasteiger partial charge in [-0.25, -0.2) is 9.97 Å². The number of hydrogen-bond acceptors (Lipinski definition) is 5. The van der Waals surface area contributed by atoms with Gasteiger partial charge in [-0.2, -0.15) is 11.3 Å². The Hall–Kier alpha value is -1.79. The second-order valence-corrected chi connectivity index (χ2v) is 6.55. The van der Waals surface area contributed by atoms with Crippen LogP contribution in [0.15, 0.2) is 35.3 Å². The molecular weight excluding hydrogens is 296 g/mol. The largest absolute Gasteiger partial charge is 0.293 e. The number of carbonyl (C=O) groups excluding carboxylic acids is 1. The van der Waals surface area contributed by atoms with E-state index in [2.05, 4.69) is 43.9 Å². The van der Waals surface area contributed by atoms with Crippen molar-refractivity contribution in [2.45, 2.75) is 38.3 Å². The van der Waals surface area contributed by atoms with E-state index < -0.39 is 0 Å². The number of anilines is 1. The molecule has 0 bridgehead atoms. The van der Waals surface area contributed by atoms with Gasteiger partial charge in [0.05, 0.1) is 6.04 Å². The molecule has 5 nitrogen and oxygen atoms in total. The number of rotatable bonds is 4. The summed E-state index contributed by atoms with van der Waals surface area (Å²) in [4.78, 5) is 22.8. The van der Waals surface area contributed by atoms with Gasteiger partial charge in [0.2, 0.25) is 11.9 Å². The molecule has 1 aliphatic heterocycles. The van der Waals surface area contributed by atoms with Gasteiger partial charge in [0, 0.05) is 25.0 Å². The normalized spacial score (nSPS) is 23.4. The van der Waals surface area contributed by atoms with Gasteiger partial charge in [0.1, 0.15) is 0 Å². The van der Waals surface area contributed by atoms with E-state index in [0.29, 0.717) is 17.9 Å². The van der Waals surface area contributed by atoms with Crippen LogP contribution in [0.4, 0.5) is 5.95 Å². The zero-order chi connectivity index (χ0) is 15.5. The number of nitrogens with one attached hydrogen (secondary N) is 1. The molecule has 3 atom stereocenters. The first-order valence-electron chi connectivity index (χ1n) is 7.51. The molecule has 0 radical (unpaired) electrons. The maximum Gasteiger partial charge on any atom is 0.243 e. The molecule has 0 aliphatic carbocycles. The molecule has 1 amide bonds. The van der Waals surface area contributed by atoms with Crippen LogP contribution in [-0.2, 0) is 4.79 Å². The van der Waals surface area contributed by atoms with E-state index in [9.17, 15) is 4.79 Å². The molecule has 1 aliphatic rings. The van der Waals surface area contributed by atoms with Crippen LogP contribution in [0.2, 0.25) is 0 Å². The Morgan fingerprint density at radius 3 is 2.91 bits per heavy atom. The first-order valence-corrected chi connectivity index (χ1v) is 8.45. The SMILES string of the molecule is C[C@@H]1C[C@H](c2ccsc2)CN1[C@@H](C)C(=O)Nc1ncccn1. The lowest BCUT2D eigenvalue weighted by Gasteiger charge is -2.27. The van der Waals surface area contributed by atoms with E-state index in [4.69, 9.17) is 0 Å². The first-order chi connectivity index (χ1) is 10.6. The maximum absolute atomic E-state index is 12.4. The molecule has 0 spiro atoms. The predicted molar refractivity (Wildman–Crippen MR) is 88.0 cm³/mol. The zero-order valence-electron chi connectivity index (χ0n) is 12.8. The Kier molecular flexibility index (Phi) is 4.49. The van der Waals surface area contributed by atoms with Crippen molar-refractivity contribution in [1.82, 2.24) is 14.9 Å². The fourth-order valence-electron chi connectivity index (χ4n) is 3.07. The lowest BCUT2D eigenvalue weighted by atomic mass is 10.00. The first kappa shape index (κ1) is 15.1. The smallest absolute Gasteiger partial charge is 0.243 e. The Morgan fingerprint density at radius 2 is 2.23 bits per heavy atom. The van der Waals surface area contributed by atoms with Crippen molar-refractivity contribution in [2.24, 2.45) is 0 Å². The molecule has 3 heterocycles. The van der Waals surface area contributed by atoms with Crippen LogP contribution < -0.4 is 5.32 Å². The number of thiophene rings is 1. The number of aromatic nitrogens is 2. The number of nitrogens with zero attached hydrogens (tertiary/aromatic N) is 3. The van der Waals surface area contributed by atoms with Crippen LogP contribution >= 0.6 is 11.3 Å². The van der Waals surface area contributed by atoms with Crippen LogP contribution in [0.5, 0.6) is 0 Å². The highest BCUT2D eigenvalue weighted by Gasteiger charge is 2.35. The van der Waals surface area contributed by atoms with Crippen LogP contribution in [0, 0.1) is 0 Å². The highest BCUT2D eigenvalue weighted by atomic mass is 32.1. The van der Waals surface area contributed by atoms with E-state index in [1.54, 1.807) is 29.8 Å². The fourth-order valence-corrected chi connectivity index (χ4v) is 3.82. The predicted octanol–water partition coefficient (Wildman–Crippen LogP) is 2.74. The lowest BCUT2D eigenvalue weighted by Crippen LogP contribution is -2.44. The van der Waals surface area contributed by atoms with Gasteiger partial charge in [-0.05, 0) is 54.6 Å². The molecule has 1 N–H and O–H groups in total. The van der Waals surface area contributed by atoms with Gasteiger partial charge in [-0.1, -0.05) is 0 Å². The topological polar surface area (TPSA) is 58.1 Å². The third-order valence-electron chi connectivity index (χ3n) is 4.32. The minimum atomic E-state index is -0.192. The van der Waals surface area contributed by atoms with Gasteiger partial charge in [0.25, 0.3) is 0 Å². The molecule has 6 heteroatoms. The third kappa shape index (κ3) is 3.18. The quantitative estimate of drug-likeness (QED) is 0.942. The molecule has 0 unspecified atom stereocenters. The molecule has 116 valence electrons. The standard InChI is InChI=1S/C16H20N4OS/c1-11-8-14(13-4-7-22-10-13)9-20(11)12(2)15(21)19-16-17-5-3-6-18-16/h3-7,10-12,14H,8-9H2,1-2H3,(H,17,18,19,21)/t11-,12+,14+/m1/s1. The lowest BCUT2D eigenvalue weighted by molar-refractivity contribution is -0.121. The summed E-state index contributed by atoms with van der Waals surface area (Å²) in [5.74, 6) is 0.828. The van der Waals surface area contributed by atoms with E-state index in [1.807, 2.05) is 6.92 Å². The molecule has 2 aromatic rings. The summed E-state index contributed by atoms with van der Waals surface area (Å²) in [5, 5.41) is 7.12. The average Bonchev–Trinajstić information content (AvgIpc) is 3.16. The van der Waals surface area contributed by atoms with Crippen LogP contribution in [0.1, 0.15) is 31.7 Å². The molecule has 1 fully saturated rings. The van der Waals surface area contributed by atoms with Crippen molar-refractivity contribution < 1.29 is 4.79 Å². The molecule has 0 aromatic carbocycles. The number of hydrogen-bond donors (Lipinski definition) is 1. The van der Waals surface area contributed by atoms with Crippen molar-refractivity contribution in [1.29, 1.82) is 0 Å². The molecule has 22 heavy (non-hydrogen) atoms. The van der Waals surface area contributed by atoms with Crippen molar-refractivity contribution in [3.05, 3.63) is 40.8 Å². The van der Waals surface area contributed by atoms with Crippen molar-refractivity contribution >= 4 is 23.2 Å². The van der Waals surface area contributed by atoms with E-state index >= 15 is 0 Å². The van der Waals surface area contributed by atoms with Gasteiger partial charge in [-0.3, -0.25) is 15.0 Å². The van der Waals surface area contributed by atoms with Crippen LogP contribution in [0.25, 0.3) is 0 Å². The number of carbonyl (C=O) groups is 1. The highest BCUT2D eigenvalue weighted by molar-refractivity contribution is 7.07. The summed E-state index contributed by atoms with van der Waals surface area (Å²) in [5.41, 5.74) is 1.39. The van der Waals surface area contributed by atoms with Crippen molar-refractivity contribution in [2.75, 3.05) is 11.9 Å². The van der Waals surface area contributed by atoms with Gasteiger partial charge < -0.3 is 0 Å². The monoisotopic (exact) mass is 316 g/mol. The Morgan fingerprint density at radius 1 is 1.45 bits per heavy atom. The van der Waals surface area contributed by atoms with Crippen LogP contribution in [0.3, 0.4) is 0 Å². The Balaban J connectivity index is 1.64. The molecular formula is C16H20N4OS. The summed E-state index contributed by atoms with van der Waals surface area (Å²) in [6.07, 6.45) is 4.34. The second-order valence-electron chi connectivity index (χ2n) is 5.77. The highest BCUT2D eigenvalue weighted by Crippen LogP contribution is 2.33. The van der Waals surface area contributed by atoms with Gasteiger partial charge in [0.15, 0.2) is 0 Å². The van der Waals surface area contributed by atoms with Gasteiger partial charge in [-0.15, -0.1) is 0 Å². The number of amides is 1. The minimum absolute atomic E-state index is 0.0518. The van der Waals surface area contributed by atoms with E-state index in [1.165, 1.54) is 5.56 Å². The molecule has 3 rings (SSSR count). The summed E-state index contributed by atoms with van der Waals surface area (Å²) >= 11 is 1.73. The molecule has 1 saturated heterocycles. The van der Waals surface area contributed by atoms with E-state index in [-0.39, 0.29) is 11.9 Å². The van der Waals surface area contributed by atoms with Crippen LogP contribution in [-0.4, -0.2) is 39.4 Å². The zero-order valence-corrected chi connectivity index (χ0v) is 13.6. The summed E-state index contributed by atoms with van der Waals surface area (Å²) in [6, 6.07) is 4.12. The summed E-state index contributed by atoms with van der Waals surface area (Å²) in [6.45, 7) is 5.06. The average molecular weight is 316 g/mol. The van der Waals surface area contributed by atoms with Gasteiger partial charge >= 0.3 is 0 Å². The van der Waals surface area contributed by atoms with Crippen molar-refractivity contribution in [3.63, 3.8) is 0 Å². The molecule has 0 saturated carbocycles. The van der Waals surface area contributed by atoms with E-state index in [0.717, 1.165) is 13.0 Å². The second kappa shape index (κ2) is 6.54. The third-order valence-corrected chi connectivity index (χ3v) is 5.02. The number of likely N-dealkylation sites (tertiary alicyclic amines) is 1. The molecule has 2 aromatic heterocycles. The Bertz CT molecular complexity index is 616. The minimum Gasteiger partial charge on any atom is -0.293 e. The fraction of sp³-hybridized carbons (Fsp3) is 0.438. The van der Waals surface area contributed by atoms with Crippen molar-refractivity contribution in [3.8, 4) is 0 Å². The summed E-state index contributed by atoms with van der Waals surface area (Å²) < 4.78 is 0.